The first-order valence-corrected chi connectivity index (χ1v) is 17.8. The zero-order chi connectivity index (χ0) is 34.9. The maximum atomic E-state index is 13.7. The molecule has 0 fully saturated rings. The number of hydrogen-bond acceptors (Lipinski definition) is 2. The smallest absolute Gasteiger partial charge is 0.141 e. The lowest BCUT2D eigenvalue weighted by molar-refractivity contribution is 0.0753. The Bertz CT molecular complexity index is 2790. The second-order valence-corrected chi connectivity index (χ2v) is 14.0. The highest BCUT2D eigenvalue weighted by molar-refractivity contribution is 6.08. The molecule has 1 aliphatic rings. The number of hydrogen-bond donors (Lipinski definition) is 2. The normalized spacial score (nSPS) is 18.0. The Labute approximate surface area is 302 Å². The van der Waals surface area contributed by atoms with Crippen molar-refractivity contribution in [2.45, 2.75) is 11.2 Å². The highest BCUT2D eigenvalue weighted by Crippen LogP contribution is 2.55. The average molecular weight is 667 g/mol. The molecule has 52 heavy (non-hydrogen) atoms. The molecule has 246 valence electrons. The van der Waals surface area contributed by atoms with Crippen LogP contribution in [0.4, 0.5) is 0 Å². The van der Waals surface area contributed by atoms with Crippen LogP contribution in [-0.2, 0) is 11.2 Å². The second kappa shape index (κ2) is 11.6. The molecule has 2 heteroatoms. The van der Waals surface area contributed by atoms with Crippen molar-refractivity contribution >= 4 is 32.3 Å². The predicted octanol–water partition coefficient (Wildman–Crippen LogP) is 11.4. The van der Waals surface area contributed by atoms with E-state index in [0.717, 1.165) is 65.7 Å². The van der Waals surface area contributed by atoms with Crippen LogP contribution in [0.3, 0.4) is 0 Å². The van der Waals surface area contributed by atoms with E-state index in [4.69, 9.17) is 0 Å². The minimum Gasteiger partial charge on any atom is -0.376 e. The van der Waals surface area contributed by atoms with Crippen molar-refractivity contribution in [2.24, 2.45) is 0 Å². The molecule has 2 unspecified atom stereocenters. The van der Waals surface area contributed by atoms with Gasteiger partial charge in [0, 0.05) is 22.3 Å². The lowest BCUT2D eigenvalue weighted by atomic mass is 9.62. The monoisotopic (exact) mass is 666 g/mol. The third-order valence-corrected chi connectivity index (χ3v) is 11.1. The lowest BCUT2D eigenvalue weighted by Gasteiger charge is -2.45. The first kappa shape index (κ1) is 30.5. The van der Waals surface area contributed by atoms with E-state index in [1.807, 2.05) is 72.8 Å². The van der Waals surface area contributed by atoms with Gasteiger partial charge < -0.3 is 10.2 Å². The van der Waals surface area contributed by atoms with E-state index in [1.165, 1.54) is 0 Å². The van der Waals surface area contributed by atoms with Gasteiger partial charge in [0.25, 0.3) is 0 Å². The van der Waals surface area contributed by atoms with Gasteiger partial charge in [0.2, 0.25) is 0 Å². The summed E-state index contributed by atoms with van der Waals surface area (Å²) in [4.78, 5) is 0. The molecule has 0 bridgehead atoms. The fourth-order valence-corrected chi connectivity index (χ4v) is 8.47. The number of fused-ring (bicyclic) bond motifs is 6. The predicted molar refractivity (Wildman–Crippen MR) is 213 cm³/mol. The third kappa shape index (κ3) is 4.52. The van der Waals surface area contributed by atoms with Crippen molar-refractivity contribution in [1.29, 1.82) is 0 Å². The van der Waals surface area contributed by atoms with Gasteiger partial charge >= 0.3 is 0 Å². The third-order valence-electron chi connectivity index (χ3n) is 11.1. The number of rotatable bonds is 4. The first-order valence-electron chi connectivity index (χ1n) is 17.8. The van der Waals surface area contributed by atoms with Gasteiger partial charge in [-0.15, -0.1) is 0 Å². The van der Waals surface area contributed by atoms with Crippen molar-refractivity contribution in [3.8, 4) is 22.3 Å². The molecule has 9 aromatic rings. The Morgan fingerprint density at radius 2 is 0.635 bits per heavy atom. The SMILES string of the molecule is OC1(c2ccc(-c3ccccc3)cc2)c2cc3ccccc3cc2C(O)(c2ccc(-c3ccccc3)cc2)c2cc3c(ccc4ccccc43)cc21. The van der Waals surface area contributed by atoms with Gasteiger partial charge in [0.1, 0.15) is 11.2 Å². The van der Waals surface area contributed by atoms with Gasteiger partial charge in [-0.3, -0.25) is 0 Å². The molecule has 2 nitrogen and oxygen atoms in total. The Morgan fingerprint density at radius 3 is 1.13 bits per heavy atom. The van der Waals surface area contributed by atoms with Gasteiger partial charge in [0.05, 0.1) is 0 Å². The molecule has 0 heterocycles. The molecule has 9 aromatic carbocycles. The van der Waals surface area contributed by atoms with Crippen molar-refractivity contribution in [3.05, 3.63) is 228 Å². The van der Waals surface area contributed by atoms with Crippen LogP contribution in [0.1, 0.15) is 33.4 Å². The standard InChI is InChI=1S/C50H34O2/c51-49(41-25-21-35(22-26-41)33-11-3-1-4-12-33)45-29-38-16-7-8-17-39(38)30-46(45)50(52,42-27-23-36(24-28-42)34-13-5-2-6-14-34)48-32-44-40(31-47(48)49)20-19-37-15-9-10-18-43(37)44/h1-32,51-52H. The van der Waals surface area contributed by atoms with E-state index in [0.29, 0.717) is 22.3 Å². The molecule has 0 aromatic heterocycles. The summed E-state index contributed by atoms with van der Waals surface area (Å²) in [6.07, 6.45) is 0. The molecule has 0 spiro atoms. The van der Waals surface area contributed by atoms with Crippen LogP contribution in [0, 0.1) is 0 Å². The molecule has 0 saturated heterocycles. The van der Waals surface area contributed by atoms with Gasteiger partial charge in [-0.25, -0.2) is 0 Å². The van der Waals surface area contributed by atoms with Gasteiger partial charge in [-0.05, 0) is 90.0 Å². The number of aliphatic hydroxyl groups is 2. The van der Waals surface area contributed by atoms with Crippen LogP contribution < -0.4 is 0 Å². The molecule has 0 saturated carbocycles. The van der Waals surface area contributed by atoms with E-state index in [1.54, 1.807) is 0 Å². The lowest BCUT2D eigenvalue weighted by Crippen LogP contribution is -2.44. The Morgan fingerprint density at radius 1 is 0.269 bits per heavy atom. The van der Waals surface area contributed by atoms with Gasteiger partial charge in [0.15, 0.2) is 0 Å². The van der Waals surface area contributed by atoms with Crippen LogP contribution in [0.15, 0.2) is 194 Å². The summed E-state index contributed by atoms with van der Waals surface area (Å²) in [7, 11) is 0. The minimum atomic E-state index is -1.58. The quantitative estimate of drug-likeness (QED) is 0.184. The van der Waals surface area contributed by atoms with Crippen molar-refractivity contribution in [3.63, 3.8) is 0 Å². The van der Waals surface area contributed by atoms with Crippen LogP contribution in [0.5, 0.6) is 0 Å². The minimum absolute atomic E-state index is 0.667. The largest absolute Gasteiger partial charge is 0.376 e. The van der Waals surface area contributed by atoms with Crippen LogP contribution in [-0.4, -0.2) is 10.2 Å². The zero-order valence-electron chi connectivity index (χ0n) is 28.4. The molecule has 10 rings (SSSR count). The Hall–Kier alpha value is -6.32. The summed E-state index contributed by atoms with van der Waals surface area (Å²) >= 11 is 0. The summed E-state index contributed by atoms with van der Waals surface area (Å²) in [5.41, 5.74) is 5.38. The fourth-order valence-electron chi connectivity index (χ4n) is 8.47. The summed E-state index contributed by atoms with van der Waals surface area (Å²) in [6, 6.07) is 66.3. The maximum Gasteiger partial charge on any atom is 0.141 e. The van der Waals surface area contributed by atoms with Crippen molar-refractivity contribution in [1.82, 2.24) is 0 Å². The maximum absolute atomic E-state index is 13.7. The summed E-state index contributed by atoms with van der Waals surface area (Å²) in [5, 5.41) is 33.5. The van der Waals surface area contributed by atoms with E-state index in [2.05, 4.69) is 121 Å². The topological polar surface area (TPSA) is 40.5 Å². The summed E-state index contributed by atoms with van der Waals surface area (Å²) in [5.74, 6) is 0. The molecular weight excluding hydrogens is 633 g/mol. The van der Waals surface area contributed by atoms with E-state index >= 15 is 0 Å². The van der Waals surface area contributed by atoms with Crippen LogP contribution >= 0.6 is 0 Å². The molecule has 2 atom stereocenters. The van der Waals surface area contributed by atoms with E-state index < -0.39 is 11.2 Å². The highest BCUT2D eigenvalue weighted by Gasteiger charge is 2.51. The summed E-state index contributed by atoms with van der Waals surface area (Å²) < 4.78 is 0. The fraction of sp³-hybridized carbons (Fsp3) is 0.0400. The van der Waals surface area contributed by atoms with Gasteiger partial charge in [-0.2, -0.15) is 0 Å². The average Bonchev–Trinajstić information content (AvgIpc) is 3.22. The van der Waals surface area contributed by atoms with Gasteiger partial charge in [-0.1, -0.05) is 170 Å². The van der Waals surface area contributed by atoms with Crippen LogP contribution in [0.2, 0.25) is 0 Å². The first-order chi connectivity index (χ1) is 25.5. The Balaban J connectivity index is 1.29. The molecular formula is C50H34O2. The van der Waals surface area contributed by atoms with E-state index in [9.17, 15) is 10.2 Å². The number of benzene rings is 9. The molecule has 2 N–H and O–H groups in total. The zero-order valence-corrected chi connectivity index (χ0v) is 28.4. The molecule has 0 amide bonds. The van der Waals surface area contributed by atoms with Crippen molar-refractivity contribution in [2.75, 3.05) is 0 Å². The van der Waals surface area contributed by atoms with Crippen LogP contribution in [0.25, 0.3) is 54.6 Å². The highest BCUT2D eigenvalue weighted by atomic mass is 16.3. The summed E-state index contributed by atoms with van der Waals surface area (Å²) in [6.45, 7) is 0. The second-order valence-electron chi connectivity index (χ2n) is 14.0. The molecule has 0 aliphatic heterocycles. The van der Waals surface area contributed by atoms with Crippen molar-refractivity contribution < 1.29 is 10.2 Å². The van der Waals surface area contributed by atoms with E-state index in [-0.39, 0.29) is 0 Å². The molecule has 0 radical (unpaired) electrons. The molecule has 1 aliphatic carbocycles. The Kier molecular flexibility index (Phi) is 6.81.